The Labute approximate surface area is 174 Å². The van der Waals surface area contributed by atoms with Gasteiger partial charge in [-0.3, -0.25) is 0 Å². The fourth-order valence-electron chi connectivity index (χ4n) is 4.04. The van der Waals surface area contributed by atoms with Crippen molar-refractivity contribution in [2.45, 2.75) is 29.6 Å². The van der Waals surface area contributed by atoms with E-state index in [1.807, 2.05) is 0 Å². The number of hydrogen-bond donors (Lipinski definition) is 6. The zero-order chi connectivity index (χ0) is 21.1. The molecule has 0 radical (unpaired) electrons. The van der Waals surface area contributed by atoms with Gasteiger partial charge >= 0.3 is 5.97 Å². The van der Waals surface area contributed by atoms with Gasteiger partial charge in [-0.05, 0) is 18.2 Å². The highest BCUT2D eigenvalue weighted by Crippen LogP contribution is 2.45. The number of rotatable bonds is 3. The van der Waals surface area contributed by atoms with E-state index in [2.05, 4.69) is 15.3 Å². The van der Waals surface area contributed by atoms with Crippen LogP contribution < -0.4 is 16.8 Å². The van der Waals surface area contributed by atoms with Gasteiger partial charge in [-0.15, -0.1) is 0 Å². The lowest BCUT2D eigenvalue weighted by Crippen LogP contribution is -2.77. The first-order chi connectivity index (χ1) is 13.6. The Kier molecular flexibility index (Phi) is 4.55. The SMILES string of the molecule is NC1=NC2[C@H](CO)N=C(N)N3C[C@H](OC(=O)c4cc(Cl)cc(Cl)c4)C(O)(O)[C@]23N1. The molecule has 3 aliphatic rings. The Bertz CT molecular complexity index is 920. The van der Waals surface area contributed by atoms with Gasteiger partial charge in [0.05, 0.1) is 18.7 Å². The predicted molar refractivity (Wildman–Crippen MR) is 103 cm³/mol. The highest BCUT2D eigenvalue weighted by molar-refractivity contribution is 6.35. The summed E-state index contributed by atoms with van der Waals surface area (Å²) in [6.45, 7) is -0.673. The Morgan fingerprint density at radius 2 is 1.93 bits per heavy atom. The second-order valence-corrected chi connectivity index (χ2v) is 7.85. The van der Waals surface area contributed by atoms with Crippen LogP contribution in [0.1, 0.15) is 10.4 Å². The largest absolute Gasteiger partial charge is 0.451 e. The zero-order valence-electron chi connectivity index (χ0n) is 14.8. The minimum atomic E-state index is -2.69. The number of guanidine groups is 2. The van der Waals surface area contributed by atoms with Crippen molar-refractivity contribution in [3.8, 4) is 0 Å². The number of aliphatic hydroxyl groups excluding tert-OH is 1. The zero-order valence-corrected chi connectivity index (χ0v) is 16.3. The molecular weight excluding hydrogens is 427 g/mol. The van der Waals surface area contributed by atoms with E-state index in [0.29, 0.717) is 0 Å². The number of nitrogens with zero attached hydrogens (tertiary/aromatic N) is 3. The minimum Gasteiger partial charge on any atom is -0.451 e. The van der Waals surface area contributed by atoms with Crippen LogP contribution in [0.3, 0.4) is 0 Å². The molecule has 3 aliphatic heterocycles. The van der Waals surface area contributed by atoms with E-state index in [4.69, 9.17) is 39.4 Å². The monoisotopic (exact) mass is 444 g/mol. The lowest BCUT2D eigenvalue weighted by molar-refractivity contribution is -0.257. The summed E-state index contributed by atoms with van der Waals surface area (Å²) < 4.78 is 5.37. The van der Waals surface area contributed by atoms with Crippen molar-refractivity contribution in [1.29, 1.82) is 0 Å². The number of carbonyl (C=O) groups is 1. The minimum absolute atomic E-state index is 0.0299. The van der Waals surface area contributed by atoms with Crippen LogP contribution in [0.2, 0.25) is 10.0 Å². The Morgan fingerprint density at radius 1 is 1.28 bits per heavy atom. The number of aliphatic hydroxyl groups is 3. The molecule has 4 rings (SSSR count). The molecule has 1 aromatic rings. The maximum Gasteiger partial charge on any atom is 0.338 e. The molecule has 11 nitrogen and oxygen atoms in total. The van der Waals surface area contributed by atoms with Crippen molar-refractivity contribution in [2.75, 3.05) is 13.2 Å². The second kappa shape index (κ2) is 6.61. The van der Waals surface area contributed by atoms with Gasteiger partial charge in [0, 0.05) is 10.0 Å². The Morgan fingerprint density at radius 3 is 2.55 bits per heavy atom. The number of nitrogens with one attached hydrogen (secondary N) is 1. The van der Waals surface area contributed by atoms with Crippen LogP contribution in [0.15, 0.2) is 28.2 Å². The van der Waals surface area contributed by atoms with Crippen LogP contribution in [0.4, 0.5) is 0 Å². The molecule has 8 N–H and O–H groups in total. The maximum atomic E-state index is 12.6. The Balaban J connectivity index is 1.69. The third-order valence-electron chi connectivity index (χ3n) is 5.28. The molecule has 0 aliphatic carbocycles. The fourth-order valence-corrected chi connectivity index (χ4v) is 4.57. The lowest BCUT2D eigenvalue weighted by Gasteiger charge is -2.48. The lowest BCUT2D eigenvalue weighted by atomic mass is 9.86. The Hall–Kier alpha value is -2.31. The number of carbonyl (C=O) groups excluding carboxylic acids is 1. The molecule has 1 unspecified atom stereocenters. The van der Waals surface area contributed by atoms with Crippen molar-refractivity contribution in [1.82, 2.24) is 10.2 Å². The topological polar surface area (TPSA) is 179 Å². The summed E-state index contributed by atoms with van der Waals surface area (Å²) in [5.41, 5.74) is 10.0. The van der Waals surface area contributed by atoms with Crippen molar-refractivity contribution in [2.24, 2.45) is 21.5 Å². The summed E-state index contributed by atoms with van der Waals surface area (Å²) in [4.78, 5) is 22.2. The molecule has 1 fully saturated rings. The smallest absolute Gasteiger partial charge is 0.338 e. The number of aliphatic imine (C=N–C) groups is 2. The van der Waals surface area contributed by atoms with Crippen LogP contribution in [-0.4, -0.2) is 80.9 Å². The summed E-state index contributed by atoms with van der Waals surface area (Å²) in [6, 6.07) is 2.25. The van der Waals surface area contributed by atoms with Gasteiger partial charge in [-0.2, -0.15) is 0 Å². The number of benzene rings is 1. The summed E-state index contributed by atoms with van der Waals surface area (Å²) in [7, 11) is 0. The van der Waals surface area contributed by atoms with Gasteiger partial charge in [0.25, 0.3) is 0 Å². The van der Waals surface area contributed by atoms with Gasteiger partial charge < -0.3 is 41.7 Å². The average Bonchev–Trinajstić information content (AvgIpc) is 3.09. The second-order valence-electron chi connectivity index (χ2n) is 6.98. The van der Waals surface area contributed by atoms with E-state index in [9.17, 15) is 20.1 Å². The number of hydrogen-bond acceptors (Lipinski definition) is 11. The van der Waals surface area contributed by atoms with Gasteiger partial charge in [0.15, 0.2) is 23.7 Å². The summed E-state index contributed by atoms with van der Waals surface area (Å²) in [5, 5.41) is 34.9. The number of ether oxygens (including phenoxy) is 1. The van der Waals surface area contributed by atoms with Crippen LogP contribution in [0.5, 0.6) is 0 Å². The predicted octanol–water partition coefficient (Wildman–Crippen LogP) is -1.81. The first kappa shape index (κ1) is 20.0. The van der Waals surface area contributed by atoms with Crippen molar-refractivity contribution in [3.05, 3.63) is 33.8 Å². The van der Waals surface area contributed by atoms with E-state index in [0.717, 1.165) is 0 Å². The third-order valence-corrected chi connectivity index (χ3v) is 5.72. The van der Waals surface area contributed by atoms with E-state index in [-0.39, 0.29) is 34.1 Å². The van der Waals surface area contributed by atoms with Gasteiger partial charge in [-0.1, -0.05) is 23.2 Å². The van der Waals surface area contributed by atoms with E-state index in [1.165, 1.54) is 23.1 Å². The first-order valence-electron chi connectivity index (χ1n) is 8.55. The van der Waals surface area contributed by atoms with Gasteiger partial charge in [0.1, 0.15) is 12.1 Å². The molecule has 0 bridgehead atoms. The quantitative estimate of drug-likeness (QED) is 0.231. The van der Waals surface area contributed by atoms with Crippen molar-refractivity contribution in [3.63, 3.8) is 0 Å². The van der Waals surface area contributed by atoms with Crippen LogP contribution in [0, 0.1) is 0 Å². The number of esters is 1. The molecule has 1 saturated heterocycles. The van der Waals surface area contributed by atoms with E-state index < -0.39 is 42.2 Å². The van der Waals surface area contributed by atoms with Crippen LogP contribution >= 0.6 is 23.2 Å². The molecule has 1 spiro atoms. The number of halogens is 2. The van der Waals surface area contributed by atoms with Crippen LogP contribution in [0.25, 0.3) is 0 Å². The molecule has 156 valence electrons. The fraction of sp³-hybridized carbons (Fsp3) is 0.438. The first-order valence-corrected chi connectivity index (χ1v) is 9.30. The molecule has 0 saturated carbocycles. The average molecular weight is 445 g/mol. The van der Waals surface area contributed by atoms with E-state index in [1.54, 1.807) is 0 Å². The molecule has 0 aromatic heterocycles. The highest BCUT2D eigenvalue weighted by Gasteiger charge is 2.74. The standard InChI is InChI=1S/C16H18Cl2N6O5/c17-7-1-6(2-8(18)3-7)12(26)29-10-4-24-14(20)21-9(5-25)11-15(24,16(10,27)28)23-13(19)22-11/h1-3,9-11,25,27-28H,4-5H2,(H2,20,21)(H3,19,22,23)/t9-,10-,11?,15-/m0/s1. The van der Waals surface area contributed by atoms with Gasteiger partial charge in [-0.25, -0.2) is 14.8 Å². The summed E-state index contributed by atoms with van der Waals surface area (Å²) in [5.74, 6) is -3.74. The molecule has 1 aromatic carbocycles. The molecule has 13 heteroatoms. The van der Waals surface area contributed by atoms with E-state index >= 15 is 0 Å². The molecule has 0 amide bonds. The highest BCUT2D eigenvalue weighted by atomic mass is 35.5. The number of nitrogens with two attached hydrogens (primary N) is 2. The van der Waals surface area contributed by atoms with Gasteiger partial charge in [0.2, 0.25) is 5.79 Å². The van der Waals surface area contributed by atoms with Crippen molar-refractivity contribution >= 4 is 41.1 Å². The van der Waals surface area contributed by atoms with Crippen molar-refractivity contribution < 1.29 is 24.9 Å². The maximum absolute atomic E-state index is 12.6. The summed E-state index contributed by atoms with van der Waals surface area (Å²) >= 11 is 11.8. The third kappa shape index (κ3) is 2.81. The molecule has 3 heterocycles. The molecule has 29 heavy (non-hydrogen) atoms. The van der Waals surface area contributed by atoms with Crippen LogP contribution in [-0.2, 0) is 4.74 Å². The molecule has 4 atom stereocenters. The normalized spacial score (nSPS) is 32.0. The molecular formula is C16H18Cl2N6O5. The summed E-state index contributed by atoms with van der Waals surface area (Å²) in [6.07, 6.45) is -1.46.